The van der Waals surface area contributed by atoms with Crippen LogP contribution in [-0.4, -0.2) is 34.6 Å². The van der Waals surface area contributed by atoms with Gasteiger partial charge in [-0.25, -0.2) is 9.97 Å². The first-order valence-corrected chi connectivity index (χ1v) is 10.00. The molecular formula is C16H21N3S2. The van der Waals surface area contributed by atoms with Gasteiger partial charge >= 0.3 is 0 Å². The summed E-state index contributed by atoms with van der Waals surface area (Å²) in [5.74, 6) is 1.21. The number of rotatable bonds is 2. The van der Waals surface area contributed by atoms with Crippen LogP contribution in [0.15, 0.2) is 6.33 Å². The first-order valence-electron chi connectivity index (χ1n) is 7.90. The van der Waals surface area contributed by atoms with Crippen molar-refractivity contribution in [2.24, 2.45) is 0 Å². The summed E-state index contributed by atoms with van der Waals surface area (Å²) in [6.45, 7) is 2.28. The van der Waals surface area contributed by atoms with Crippen molar-refractivity contribution >= 4 is 39.1 Å². The van der Waals surface area contributed by atoms with Crippen LogP contribution in [0.4, 0.5) is 5.82 Å². The Labute approximate surface area is 134 Å². The Bertz CT molecular complexity index is 652. The van der Waals surface area contributed by atoms with E-state index < -0.39 is 0 Å². The maximum absolute atomic E-state index is 4.70. The lowest BCUT2D eigenvalue weighted by Crippen LogP contribution is -2.30. The van der Waals surface area contributed by atoms with Crippen LogP contribution in [0.3, 0.4) is 0 Å². The molecule has 0 radical (unpaired) electrons. The Hall–Kier alpha value is -0.810. The number of aryl methyl sites for hydroxylation is 2. The molecule has 3 heterocycles. The van der Waals surface area contributed by atoms with E-state index in [1.54, 1.807) is 16.8 Å². The monoisotopic (exact) mass is 319 g/mol. The summed E-state index contributed by atoms with van der Waals surface area (Å²) in [5, 5.41) is 2.11. The van der Waals surface area contributed by atoms with Gasteiger partial charge in [0.05, 0.1) is 5.39 Å². The molecule has 2 aromatic heterocycles. The quantitative estimate of drug-likeness (QED) is 0.839. The zero-order valence-corrected chi connectivity index (χ0v) is 14.1. The fraction of sp³-hybridized carbons (Fsp3) is 0.625. The van der Waals surface area contributed by atoms with E-state index in [1.165, 1.54) is 54.6 Å². The normalized spacial score (nSPS) is 22.5. The van der Waals surface area contributed by atoms with Crippen molar-refractivity contribution in [3.63, 3.8) is 0 Å². The number of nitrogens with zero attached hydrogens (tertiary/aromatic N) is 3. The van der Waals surface area contributed by atoms with Gasteiger partial charge in [-0.3, -0.25) is 0 Å². The highest BCUT2D eigenvalue weighted by Crippen LogP contribution is 2.40. The van der Waals surface area contributed by atoms with Gasteiger partial charge in [0, 0.05) is 23.2 Å². The summed E-state index contributed by atoms with van der Waals surface area (Å²) >= 11 is 3.90. The van der Waals surface area contributed by atoms with E-state index in [0.29, 0.717) is 0 Å². The SMILES string of the molecule is CSC1CCCCN(c2ncnc3sc4c(c23)CCC4)C1. The molecular weight excluding hydrogens is 298 g/mol. The molecule has 1 unspecified atom stereocenters. The molecule has 0 bridgehead atoms. The fourth-order valence-electron chi connectivity index (χ4n) is 3.64. The minimum atomic E-state index is 0.740. The van der Waals surface area contributed by atoms with E-state index in [0.717, 1.165) is 18.3 Å². The molecule has 1 fully saturated rings. The van der Waals surface area contributed by atoms with Crippen molar-refractivity contribution in [1.82, 2.24) is 9.97 Å². The van der Waals surface area contributed by atoms with Crippen molar-refractivity contribution in [1.29, 1.82) is 0 Å². The van der Waals surface area contributed by atoms with Crippen LogP contribution in [-0.2, 0) is 12.8 Å². The number of thiophene rings is 1. The standard InChI is InChI=1S/C16H21N3S2/c1-20-11-5-2-3-8-19(9-11)15-14-12-6-4-7-13(12)21-16(14)18-10-17-15/h10-11H,2-9H2,1H3. The maximum Gasteiger partial charge on any atom is 0.141 e. The minimum absolute atomic E-state index is 0.740. The first kappa shape index (κ1) is 13.8. The van der Waals surface area contributed by atoms with E-state index in [-0.39, 0.29) is 0 Å². The summed E-state index contributed by atoms with van der Waals surface area (Å²) in [6.07, 6.45) is 11.7. The minimum Gasteiger partial charge on any atom is -0.355 e. The molecule has 2 aromatic rings. The Morgan fingerprint density at radius 1 is 1.24 bits per heavy atom. The van der Waals surface area contributed by atoms with Gasteiger partial charge in [0.25, 0.3) is 0 Å². The van der Waals surface area contributed by atoms with E-state index in [1.807, 2.05) is 23.1 Å². The van der Waals surface area contributed by atoms with Crippen molar-refractivity contribution in [3.05, 3.63) is 16.8 Å². The highest BCUT2D eigenvalue weighted by atomic mass is 32.2. The topological polar surface area (TPSA) is 29.0 Å². The lowest BCUT2D eigenvalue weighted by atomic mass is 10.2. The Balaban J connectivity index is 1.78. The van der Waals surface area contributed by atoms with Crippen LogP contribution < -0.4 is 4.90 Å². The predicted octanol–water partition coefficient (Wildman–Crippen LogP) is 3.90. The van der Waals surface area contributed by atoms with Crippen LogP contribution in [0.5, 0.6) is 0 Å². The number of anilines is 1. The summed E-state index contributed by atoms with van der Waals surface area (Å²) in [6, 6.07) is 0. The van der Waals surface area contributed by atoms with Gasteiger partial charge in [-0.1, -0.05) is 6.42 Å². The second-order valence-electron chi connectivity index (χ2n) is 6.03. The number of hydrogen-bond acceptors (Lipinski definition) is 5. The number of aromatic nitrogens is 2. The lowest BCUT2D eigenvalue weighted by Gasteiger charge is -2.25. The van der Waals surface area contributed by atoms with Gasteiger partial charge in [0.15, 0.2) is 0 Å². The average Bonchev–Trinajstić information content (AvgIpc) is 2.99. The molecule has 1 aliphatic heterocycles. The largest absolute Gasteiger partial charge is 0.355 e. The molecule has 4 rings (SSSR count). The molecule has 3 nitrogen and oxygen atoms in total. The van der Waals surface area contributed by atoms with Gasteiger partial charge in [-0.15, -0.1) is 11.3 Å². The Kier molecular flexibility index (Phi) is 3.79. The van der Waals surface area contributed by atoms with Crippen LogP contribution in [0.1, 0.15) is 36.1 Å². The highest BCUT2D eigenvalue weighted by Gasteiger charge is 2.25. The third-order valence-corrected chi connectivity index (χ3v) is 6.99. The molecule has 0 spiro atoms. The fourth-order valence-corrected chi connectivity index (χ4v) is 5.59. The molecule has 0 aromatic carbocycles. The van der Waals surface area contributed by atoms with Crippen molar-refractivity contribution in [2.75, 3.05) is 24.2 Å². The molecule has 112 valence electrons. The van der Waals surface area contributed by atoms with Gasteiger partial charge in [0.2, 0.25) is 0 Å². The molecule has 5 heteroatoms. The molecule has 1 aliphatic carbocycles. The summed E-state index contributed by atoms with van der Waals surface area (Å²) < 4.78 is 0. The average molecular weight is 319 g/mol. The molecule has 1 saturated heterocycles. The maximum atomic E-state index is 4.70. The Morgan fingerprint density at radius 3 is 3.10 bits per heavy atom. The third-order valence-electron chi connectivity index (χ3n) is 4.74. The number of thioether (sulfide) groups is 1. The van der Waals surface area contributed by atoms with Gasteiger partial charge in [-0.2, -0.15) is 11.8 Å². The number of hydrogen-bond donors (Lipinski definition) is 0. The zero-order chi connectivity index (χ0) is 14.2. The summed E-state index contributed by atoms with van der Waals surface area (Å²) in [4.78, 5) is 14.5. The van der Waals surface area contributed by atoms with E-state index >= 15 is 0 Å². The number of fused-ring (bicyclic) bond motifs is 3. The summed E-state index contributed by atoms with van der Waals surface area (Å²) in [5.41, 5.74) is 1.55. The van der Waals surface area contributed by atoms with Gasteiger partial charge in [0.1, 0.15) is 17.0 Å². The summed E-state index contributed by atoms with van der Waals surface area (Å²) in [7, 11) is 0. The second kappa shape index (κ2) is 5.76. The lowest BCUT2D eigenvalue weighted by molar-refractivity contribution is 0.736. The van der Waals surface area contributed by atoms with Crippen molar-refractivity contribution in [3.8, 4) is 0 Å². The van der Waals surface area contributed by atoms with Crippen LogP contribution in [0.25, 0.3) is 10.2 Å². The Morgan fingerprint density at radius 2 is 2.19 bits per heavy atom. The highest BCUT2D eigenvalue weighted by molar-refractivity contribution is 7.99. The third kappa shape index (κ3) is 2.44. The van der Waals surface area contributed by atoms with Crippen LogP contribution in [0.2, 0.25) is 0 Å². The molecule has 0 saturated carbocycles. The molecule has 2 aliphatic rings. The van der Waals surface area contributed by atoms with Crippen molar-refractivity contribution < 1.29 is 0 Å². The predicted molar refractivity (Wildman–Crippen MR) is 92.8 cm³/mol. The van der Waals surface area contributed by atoms with Crippen LogP contribution >= 0.6 is 23.1 Å². The van der Waals surface area contributed by atoms with Crippen LogP contribution in [0, 0.1) is 0 Å². The van der Waals surface area contributed by atoms with E-state index in [4.69, 9.17) is 4.98 Å². The molecule has 21 heavy (non-hydrogen) atoms. The van der Waals surface area contributed by atoms with Gasteiger partial charge in [-0.05, 0) is 43.9 Å². The zero-order valence-electron chi connectivity index (χ0n) is 12.5. The molecule has 0 N–H and O–H groups in total. The van der Waals surface area contributed by atoms with E-state index in [2.05, 4.69) is 16.1 Å². The van der Waals surface area contributed by atoms with Crippen molar-refractivity contribution in [2.45, 2.75) is 43.8 Å². The van der Waals surface area contributed by atoms with E-state index in [9.17, 15) is 0 Å². The first-order chi connectivity index (χ1) is 10.4. The second-order valence-corrected chi connectivity index (χ2v) is 8.26. The molecule has 1 atom stereocenters. The smallest absolute Gasteiger partial charge is 0.141 e. The van der Waals surface area contributed by atoms with Gasteiger partial charge < -0.3 is 4.90 Å². The molecule has 0 amide bonds.